The average molecular weight is 312 g/mol. The van der Waals surface area contributed by atoms with Gasteiger partial charge >= 0.3 is 0 Å². The predicted molar refractivity (Wildman–Crippen MR) is 82.6 cm³/mol. The summed E-state index contributed by atoms with van der Waals surface area (Å²) in [6.07, 6.45) is 2.15. The molecule has 0 amide bonds. The first-order chi connectivity index (χ1) is 9.63. The third kappa shape index (κ3) is 3.54. The lowest BCUT2D eigenvalue weighted by Gasteiger charge is -2.10. The summed E-state index contributed by atoms with van der Waals surface area (Å²) in [7, 11) is 0. The van der Waals surface area contributed by atoms with Crippen molar-refractivity contribution in [1.29, 1.82) is 0 Å². The van der Waals surface area contributed by atoms with E-state index in [1.54, 1.807) is 0 Å². The SMILES string of the molecule is CCCc1ccc(Oc2nc(NN)c(Cl)cc2Cl)cc1. The molecule has 2 aromatic rings. The molecule has 0 saturated heterocycles. The van der Waals surface area contributed by atoms with Crippen molar-refractivity contribution in [3.05, 3.63) is 45.9 Å². The van der Waals surface area contributed by atoms with Crippen LogP contribution in [-0.2, 0) is 6.42 Å². The number of hydrogen-bond donors (Lipinski definition) is 2. The summed E-state index contributed by atoms with van der Waals surface area (Å²) >= 11 is 12.0. The van der Waals surface area contributed by atoms with E-state index in [1.165, 1.54) is 11.6 Å². The van der Waals surface area contributed by atoms with Gasteiger partial charge in [-0.1, -0.05) is 48.7 Å². The highest BCUT2D eigenvalue weighted by atomic mass is 35.5. The van der Waals surface area contributed by atoms with Crippen LogP contribution in [0.3, 0.4) is 0 Å². The van der Waals surface area contributed by atoms with Crippen molar-refractivity contribution >= 4 is 29.0 Å². The first-order valence-corrected chi connectivity index (χ1v) is 6.99. The number of hydrogen-bond acceptors (Lipinski definition) is 4. The molecule has 0 aliphatic carbocycles. The van der Waals surface area contributed by atoms with Crippen LogP contribution < -0.4 is 16.0 Å². The summed E-state index contributed by atoms with van der Waals surface area (Å²) < 4.78 is 5.64. The summed E-state index contributed by atoms with van der Waals surface area (Å²) in [6, 6.07) is 9.34. The van der Waals surface area contributed by atoms with Gasteiger partial charge in [-0.15, -0.1) is 0 Å². The summed E-state index contributed by atoms with van der Waals surface area (Å²) in [5, 5.41) is 0.662. The molecule has 2 rings (SSSR count). The largest absolute Gasteiger partial charge is 0.437 e. The van der Waals surface area contributed by atoms with Crippen molar-refractivity contribution in [2.24, 2.45) is 5.84 Å². The quantitative estimate of drug-likeness (QED) is 0.634. The normalized spacial score (nSPS) is 10.4. The van der Waals surface area contributed by atoms with E-state index in [-0.39, 0.29) is 5.88 Å². The molecule has 0 atom stereocenters. The second-order valence-electron chi connectivity index (χ2n) is 4.25. The Morgan fingerprint density at radius 2 is 1.90 bits per heavy atom. The number of pyridine rings is 1. The number of aromatic nitrogens is 1. The maximum Gasteiger partial charge on any atom is 0.240 e. The lowest BCUT2D eigenvalue weighted by molar-refractivity contribution is 0.463. The molecular weight excluding hydrogens is 297 g/mol. The van der Waals surface area contributed by atoms with Crippen molar-refractivity contribution in [3.63, 3.8) is 0 Å². The highest BCUT2D eigenvalue weighted by Crippen LogP contribution is 2.33. The Balaban J connectivity index is 2.21. The Kier molecular flexibility index (Phi) is 5.06. The molecule has 0 spiro atoms. The van der Waals surface area contributed by atoms with Gasteiger partial charge < -0.3 is 10.2 Å². The average Bonchev–Trinajstić information content (AvgIpc) is 2.44. The monoisotopic (exact) mass is 311 g/mol. The molecule has 106 valence electrons. The van der Waals surface area contributed by atoms with Gasteiger partial charge in [0.2, 0.25) is 5.88 Å². The molecule has 0 fully saturated rings. The van der Waals surface area contributed by atoms with Gasteiger partial charge in [0.15, 0.2) is 5.82 Å². The number of benzene rings is 1. The molecule has 3 N–H and O–H groups in total. The van der Waals surface area contributed by atoms with E-state index in [4.69, 9.17) is 33.8 Å². The number of rotatable bonds is 5. The van der Waals surface area contributed by atoms with Crippen LogP contribution in [0.25, 0.3) is 0 Å². The van der Waals surface area contributed by atoms with Gasteiger partial charge in [-0.05, 0) is 30.2 Å². The molecular formula is C14H15Cl2N3O. The van der Waals surface area contributed by atoms with Gasteiger partial charge in [-0.25, -0.2) is 5.84 Å². The lowest BCUT2D eigenvalue weighted by Crippen LogP contribution is -2.09. The fraction of sp³-hybridized carbons (Fsp3) is 0.214. The molecule has 1 heterocycles. The number of ether oxygens (including phenoxy) is 1. The van der Waals surface area contributed by atoms with E-state index in [0.29, 0.717) is 21.6 Å². The van der Waals surface area contributed by atoms with Gasteiger partial charge in [0, 0.05) is 0 Å². The maximum absolute atomic E-state index is 6.05. The number of nitrogens with two attached hydrogens (primary N) is 1. The molecule has 0 aliphatic rings. The van der Waals surface area contributed by atoms with Crippen molar-refractivity contribution in [3.8, 4) is 11.6 Å². The van der Waals surface area contributed by atoms with Gasteiger partial charge in [0.05, 0.1) is 5.02 Å². The summed E-state index contributed by atoms with van der Waals surface area (Å²) in [5.41, 5.74) is 3.66. The second-order valence-corrected chi connectivity index (χ2v) is 5.06. The van der Waals surface area contributed by atoms with E-state index in [0.717, 1.165) is 12.8 Å². The fourth-order valence-corrected chi connectivity index (χ4v) is 2.20. The number of aryl methyl sites for hydroxylation is 1. The van der Waals surface area contributed by atoms with Gasteiger partial charge in [0.1, 0.15) is 10.8 Å². The Morgan fingerprint density at radius 1 is 1.20 bits per heavy atom. The zero-order chi connectivity index (χ0) is 14.5. The Labute approximate surface area is 127 Å². The summed E-state index contributed by atoms with van der Waals surface area (Å²) in [5.74, 6) is 6.55. The molecule has 20 heavy (non-hydrogen) atoms. The van der Waals surface area contributed by atoms with Crippen LogP contribution >= 0.6 is 23.2 Å². The van der Waals surface area contributed by atoms with Gasteiger partial charge in [-0.2, -0.15) is 4.98 Å². The minimum atomic E-state index is 0.257. The number of nitrogen functional groups attached to an aromatic ring is 1. The Hall–Kier alpha value is -1.49. The van der Waals surface area contributed by atoms with E-state index in [2.05, 4.69) is 17.3 Å². The highest BCUT2D eigenvalue weighted by Gasteiger charge is 2.10. The van der Waals surface area contributed by atoms with Crippen LogP contribution in [-0.4, -0.2) is 4.98 Å². The van der Waals surface area contributed by atoms with E-state index >= 15 is 0 Å². The minimum absolute atomic E-state index is 0.257. The van der Waals surface area contributed by atoms with Crippen LogP contribution in [0.4, 0.5) is 5.82 Å². The standard InChI is InChI=1S/C14H15Cl2N3O/c1-2-3-9-4-6-10(7-5-9)20-14-12(16)8-11(15)13(18-14)19-17/h4-8H,2-3,17H2,1H3,(H,18,19). The predicted octanol–water partition coefficient (Wildman–Crippen LogP) is 4.42. The molecule has 0 aliphatic heterocycles. The van der Waals surface area contributed by atoms with Crippen LogP contribution in [0.5, 0.6) is 11.6 Å². The van der Waals surface area contributed by atoms with Crippen molar-refractivity contribution in [1.82, 2.24) is 4.98 Å². The molecule has 1 aromatic heterocycles. The molecule has 0 radical (unpaired) electrons. The summed E-state index contributed by atoms with van der Waals surface area (Å²) in [4.78, 5) is 4.12. The molecule has 0 saturated carbocycles. The Bertz CT molecular complexity index is 588. The van der Waals surface area contributed by atoms with E-state index in [1.807, 2.05) is 24.3 Å². The first kappa shape index (κ1) is 14.9. The third-order valence-corrected chi connectivity index (χ3v) is 3.27. The minimum Gasteiger partial charge on any atom is -0.437 e. The zero-order valence-corrected chi connectivity index (χ0v) is 12.5. The highest BCUT2D eigenvalue weighted by molar-refractivity contribution is 6.36. The number of nitrogens with one attached hydrogen (secondary N) is 1. The van der Waals surface area contributed by atoms with Crippen LogP contribution in [0.1, 0.15) is 18.9 Å². The summed E-state index contributed by atoms with van der Waals surface area (Å²) in [6.45, 7) is 2.14. The topological polar surface area (TPSA) is 60.2 Å². The number of anilines is 1. The molecule has 1 aromatic carbocycles. The van der Waals surface area contributed by atoms with Crippen LogP contribution in [0, 0.1) is 0 Å². The smallest absolute Gasteiger partial charge is 0.240 e. The van der Waals surface area contributed by atoms with Crippen molar-refractivity contribution < 1.29 is 4.74 Å². The lowest BCUT2D eigenvalue weighted by atomic mass is 10.1. The number of halogens is 2. The number of hydrazine groups is 1. The molecule has 4 nitrogen and oxygen atoms in total. The molecule has 6 heteroatoms. The maximum atomic E-state index is 6.05. The van der Waals surface area contributed by atoms with Gasteiger partial charge in [0.25, 0.3) is 0 Å². The van der Waals surface area contributed by atoms with E-state index in [9.17, 15) is 0 Å². The zero-order valence-electron chi connectivity index (χ0n) is 11.0. The van der Waals surface area contributed by atoms with Crippen molar-refractivity contribution in [2.45, 2.75) is 19.8 Å². The van der Waals surface area contributed by atoms with Crippen LogP contribution in [0.15, 0.2) is 30.3 Å². The Morgan fingerprint density at radius 3 is 2.50 bits per heavy atom. The third-order valence-electron chi connectivity index (χ3n) is 2.71. The molecule has 0 unspecified atom stereocenters. The van der Waals surface area contributed by atoms with Gasteiger partial charge in [-0.3, -0.25) is 0 Å². The van der Waals surface area contributed by atoms with E-state index < -0.39 is 0 Å². The second kappa shape index (κ2) is 6.79. The first-order valence-electron chi connectivity index (χ1n) is 6.23. The number of nitrogens with zero attached hydrogens (tertiary/aromatic N) is 1. The fourth-order valence-electron chi connectivity index (χ4n) is 1.75. The van der Waals surface area contributed by atoms with Crippen LogP contribution in [0.2, 0.25) is 10.0 Å². The molecule has 0 bridgehead atoms. The van der Waals surface area contributed by atoms with Crippen molar-refractivity contribution in [2.75, 3.05) is 5.43 Å².